The van der Waals surface area contributed by atoms with E-state index < -0.39 is 11.9 Å². The lowest BCUT2D eigenvalue weighted by molar-refractivity contribution is 0.102. The highest BCUT2D eigenvalue weighted by molar-refractivity contribution is 6.07. The monoisotopic (exact) mass is 394 g/mol. The zero-order valence-electron chi connectivity index (χ0n) is 16.9. The smallest absolute Gasteiger partial charge is 0.262 e. The molecular formula is C22H23FN4O2. The van der Waals surface area contributed by atoms with E-state index in [0.717, 1.165) is 26.9 Å². The number of nitrogens with zero attached hydrogens (tertiary/aromatic N) is 3. The van der Waals surface area contributed by atoms with Crippen LogP contribution in [-0.2, 0) is 11.9 Å². The normalized spacial score (nSPS) is 11.1. The number of amides is 1. The number of oxime groups is 1. The summed E-state index contributed by atoms with van der Waals surface area (Å²) in [5.41, 5.74) is 4.60. The average Bonchev–Trinajstić information content (AvgIpc) is 2.94. The molecular weight excluding hydrogens is 371 g/mol. The summed E-state index contributed by atoms with van der Waals surface area (Å²) < 4.78 is 15.3. The third-order valence-corrected chi connectivity index (χ3v) is 4.50. The Balaban J connectivity index is 1.92. The van der Waals surface area contributed by atoms with Gasteiger partial charge in [0, 0.05) is 18.3 Å². The summed E-state index contributed by atoms with van der Waals surface area (Å²) in [5.74, 6) is -1.19. The Morgan fingerprint density at radius 1 is 1.24 bits per heavy atom. The molecule has 6 nitrogen and oxygen atoms in total. The number of carbonyl (C=O) groups is 1. The maximum absolute atomic E-state index is 14.3. The molecule has 7 heteroatoms. The molecule has 3 rings (SSSR count). The predicted molar refractivity (Wildman–Crippen MR) is 112 cm³/mol. The van der Waals surface area contributed by atoms with Crippen molar-refractivity contribution in [3.63, 3.8) is 0 Å². The standard InChI is InChI=1S/C22H23FN4O2/c1-5-29-24-13-16-10-11-17(14(2)12-16)18-8-6-7-9-19(18)25-22(28)20-15(3)26-27(4)21(20)23/h6-13H,5H2,1-4H3,(H,25,28)/b24-13+. The number of halogens is 1. The Labute approximate surface area is 169 Å². The van der Waals surface area contributed by atoms with Crippen LogP contribution in [0, 0.1) is 19.8 Å². The lowest BCUT2D eigenvalue weighted by Gasteiger charge is -2.13. The van der Waals surface area contributed by atoms with Gasteiger partial charge in [0.05, 0.1) is 11.9 Å². The van der Waals surface area contributed by atoms with Crippen molar-refractivity contribution < 1.29 is 14.0 Å². The number of aromatic nitrogens is 2. The fourth-order valence-electron chi connectivity index (χ4n) is 3.14. The molecule has 0 aliphatic carbocycles. The van der Waals surface area contributed by atoms with Gasteiger partial charge in [-0.25, -0.2) is 4.68 Å². The molecule has 3 aromatic rings. The largest absolute Gasteiger partial charge is 0.396 e. The predicted octanol–water partition coefficient (Wildman–Crippen LogP) is 4.47. The van der Waals surface area contributed by atoms with Gasteiger partial charge >= 0.3 is 0 Å². The first-order chi connectivity index (χ1) is 13.9. The number of hydrogen-bond donors (Lipinski definition) is 1. The molecule has 1 aromatic heterocycles. The van der Waals surface area contributed by atoms with E-state index in [2.05, 4.69) is 15.6 Å². The molecule has 0 saturated carbocycles. The molecule has 2 aromatic carbocycles. The van der Waals surface area contributed by atoms with Crippen molar-refractivity contribution in [1.82, 2.24) is 9.78 Å². The second-order valence-corrected chi connectivity index (χ2v) is 6.60. The number of rotatable bonds is 6. The lowest BCUT2D eigenvalue weighted by atomic mass is 9.97. The van der Waals surface area contributed by atoms with Crippen LogP contribution in [0.2, 0.25) is 0 Å². The topological polar surface area (TPSA) is 68.5 Å². The fraction of sp³-hybridized carbons (Fsp3) is 0.227. The zero-order chi connectivity index (χ0) is 21.0. The van der Waals surface area contributed by atoms with E-state index >= 15 is 0 Å². The van der Waals surface area contributed by atoms with Crippen molar-refractivity contribution in [1.29, 1.82) is 0 Å². The number of aryl methyl sites for hydroxylation is 3. The minimum atomic E-state index is -0.661. The molecule has 1 N–H and O–H groups in total. The third-order valence-electron chi connectivity index (χ3n) is 4.50. The first-order valence-electron chi connectivity index (χ1n) is 9.28. The summed E-state index contributed by atoms with van der Waals surface area (Å²) in [6.07, 6.45) is 1.65. The summed E-state index contributed by atoms with van der Waals surface area (Å²) in [4.78, 5) is 17.7. The van der Waals surface area contributed by atoms with Crippen molar-refractivity contribution in [2.45, 2.75) is 20.8 Å². The molecule has 1 heterocycles. The SMILES string of the molecule is CCO/N=C/c1ccc(-c2ccccc2NC(=O)c2c(C)nn(C)c2F)c(C)c1. The van der Waals surface area contributed by atoms with Crippen LogP contribution in [0.1, 0.15) is 34.1 Å². The number of para-hydroxylation sites is 1. The van der Waals surface area contributed by atoms with Gasteiger partial charge in [-0.3, -0.25) is 4.79 Å². The second-order valence-electron chi connectivity index (χ2n) is 6.60. The van der Waals surface area contributed by atoms with Crippen LogP contribution in [0.3, 0.4) is 0 Å². The molecule has 0 radical (unpaired) electrons. The van der Waals surface area contributed by atoms with Crippen LogP contribution >= 0.6 is 0 Å². The van der Waals surface area contributed by atoms with Gasteiger partial charge in [0.1, 0.15) is 12.2 Å². The highest BCUT2D eigenvalue weighted by atomic mass is 19.1. The summed E-state index contributed by atoms with van der Waals surface area (Å²) in [6, 6.07) is 13.3. The van der Waals surface area contributed by atoms with Crippen molar-refractivity contribution in [2.75, 3.05) is 11.9 Å². The van der Waals surface area contributed by atoms with Crippen LogP contribution in [0.5, 0.6) is 0 Å². The van der Waals surface area contributed by atoms with E-state index in [1.807, 2.05) is 50.2 Å². The molecule has 0 atom stereocenters. The van der Waals surface area contributed by atoms with E-state index in [1.54, 1.807) is 19.2 Å². The van der Waals surface area contributed by atoms with Gasteiger partial charge < -0.3 is 10.2 Å². The van der Waals surface area contributed by atoms with Crippen LogP contribution in [0.25, 0.3) is 11.1 Å². The van der Waals surface area contributed by atoms with Crippen molar-refractivity contribution in [2.24, 2.45) is 12.2 Å². The summed E-state index contributed by atoms with van der Waals surface area (Å²) in [6.45, 7) is 5.97. The van der Waals surface area contributed by atoms with Crippen LogP contribution in [0.4, 0.5) is 10.1 Å². The second kappa shape index (κ2) is 8.68. The van der Waals surface area contributed by atoms with Crippen LogP contribution in [0.15, 0.2) is 47.6 Å². The molecule has 0 bridgehead atoms. The summed E-state index contributed by atoms with van der Waals surface area (Å²) >= 11 is 0. The molecule has 1 amide bonds. The Hall–Kier alpha value is -3.48. The maximum atomic E-state index is 14.3. The number of anilines is 1. The van der Waals surface area contributed by atoms with E-state index in [-0.39, 0.29) is 5.56 Å². The number of carbonyl (C=O) groups excluding carboxylic acids is 1. The minimum Gasteiger partial charge on any atom is -0.396 e. The molecule has 0 aliphatic rings. The van der Waals surface area contributed by atoms with Crippen LogP contribution < -0.4 is 5.32 Å². The first-order valence-corrected chi connectivity index (χ1v) is 9.28. The summed E-state index contributed by atoms with van der Waals surface area (Å²) in [7, 11) is 1.47. The van der Waals surface area contributed by atoms with Gasteiger partial charge in [-0.1, -0.05) is 35.5 Å². The van der Waals surface area contributed by atoms with Crippen molar-refractivity contribution >= 4 is 17.8 Å². The lowest BCUT2D eigenvalue weighted by Crippen LogP contribution is -2.15. The van der Waals surface area contributed by atoms with Gasteiger partial charge in [-0.2, -0.15) is 9.49 Å². The Morgan fingerprint density at radius 3 is 2.66 bits per heavy atom. The highest BCUT2D eigenvalue weighted by Gasteiger charge is 2.21. The Kier molecular flexibility index (Phi) is 6.07. The molecule has 29 heavy (non-hydrogen) atoms. The summed E-state index contributed by atoms with van der Waals surface area (Å²) in [5, 5.41) is 10.7. The number of benzene rings is 2. The molecule has 0 fully saturated rings. The molecule has 0 spiro atoms. The minimum absolute atomic E-state index is 0.0542. The molecule has 0 saturated heterocycles. The number of hydrogen-bond acceptors (Lipinski definition) is 4. The van der Waals surface area contributed by atoms with Gasteiger partial charge in [0.25, 0.3) is 5.91 Å². The Bertz CT molecular complexity index is 1070. The van der Waals surface area contributed by atoms with Gasteiger partial charge in [0.2, 0.25) is 5.95 Å². The zero-order valence-corrected chi connectivity index (χ0v) is 16.9. The molecule has 150 valence electrons. The van der Waals surface area contributed by atoms with E-state index in [9.17, 15) is 9.18 Å². The molecule has 0 unspecified atom stereocenters. The van der Waals surface area contributed by atoms with Crippen LogP contribution in [-0.4, -0.2) is 28.5 Å². The molecule has 0 aliphatic heterocycles. The van der Waals surface area contributed by atoms with Crippen molar-refractivity contribution in [3.05, 3.63) is 70.8 Å². The fourth-order valence-corrected chi connectivity index (χ4v) is 3.14. The van der Waals surface area contributed by atoms with E-state index in [1.165, 1.54) is 7.05 Å². The van der Waals surface area contributed by atoms with E-state index in [0.29, 0.717) is 18.0 Å². The van der Waals surface area contributed by atoms with Crippen molar-refractivity contribution in [3.8, 4) is 11.1 Å². The third kappa shape index (κ3) is 4.34. The van der Waals surface area contributed by atoms with Gasteiger partial charge in [-0.15, -0.1) is 0 Å². The maximum Gasteiger partial charge on any atom is 0.262 e. The van der Waals surface area contributed by atoms with E-state index in [4.69, 9.17) is 4.84 Å². The van der Waals surface area contributed by atoms with Gasteiger partial charge in [0.15, 0.2) is 0 Å². The van der Waals surface area contributed by atoms with Gasteiger partial charge in [-0.05, 0) is 49.6 Å². The highest BCUT2D eigenvalue weighted by Crippen LogP contribution is 2.31. The number of nitrogens with one attached hydrogen (secondary N) is 1. The first kappa shape index (κ1) is 20.3. The Morgan fingerprint density at radius 2 is 2.00 bits per heavy atom. The average molecular weight is 394 g/mol. The quantitative estimate of drug-likeness (QED) is 0.496.